The van der Waals surface area contributed by atoms with Crippen LogP contribution in [-0.4, -0.2) is 20.0 Å². The molecule has 0 fully saturated rings. The predicted molar refractivity (Wildman–Crippen MR) is 90.9 cm³/mol. The van der Waals surface area contributed by atoms with Crippen molar-refractivity contribution in [2.24, 2.45) is 0 Å². The van der Waals surface area contributed by atoms with E-state index in [-0.39, 0.29) is 0 Å². The van der Waals surface area contributed by atoms with E-state index in [0.29, 0.717) is 6.04 Å². The van der Waals surface area contributed by atoms with E-state index in [9.17, 15) is 0 Å². The summed E-state index contributed by atoms with van der Waals surface area (Å²) >= 11 is 1.95. The highest BCUT2D eigenvalue weighted by Gasteiger charge is 2.19. The molecule has 22 heavy (non-hydrogen) atoms. The molecule has 2 aromatic rings. The summed E-state index contributed by atoms with van der Waals surface area (Å²) in [6, 6.07) is 15.2. The molecule has 2 aromatic carbocycles. The Morgan fingerprint density at radius 1 is 1.09 bits per heavy atom. The van der Waals surface area contributed by atoms with Gasteiger partial charge in [0.15, 0.2) is 11.5 Å². The lowest BCUT2D eigenvalue weighted by Crippen LogP contribution is -2.24. The summed E-state index contributed by atoms with van der Waals surface area (Å²) in [4.78, 5) is 1.40. The Labute approximate surface area is 136 Å². The molecule has 4 heteroatoms. The average molecular weight is 315 g/mol. The van der Waals surface area contributed by atoms with Gasteiger partial charge in [-0.25, -0.2) is 0 Å². The number of rotatable bonds is 5. The monoisotopic (exact) mass is 315 g/mol. The van der Waals surface area contributed by atoms with Crippen molar-refractivity contribution in [3.05, 3.63) is 53.6 Å². The topological polar surface area (TPSA) is 30.5 Å². The summed E-state index contributed by atoms with van der Waals surface area (Å²) in [5, 5.41) is 3.67. The van der Waals surface area contributed by atoms with Crippen molar-refractivity contribution in [1.29, 1.82) is 0 Å². The van der Waals surface area contributed by atoms with Crippen LogP contribution >= 0.6 is 11.8 Å². The molecule has 1 N–H and O–H groups in total. The number of ether oxygens (including phenoxy) is 2. The molecule has 0 unspecified atom stereocenters. The van der Waals surface area contributed by atoms with E-state index in [1.807, 2.05) is 23.9 Å². The molecule has 0 aliphatic carbocycles. The van der Waals surface area contributed by atoms with Crippen molar-refractivity contribution in [2.45, 2.75) is 23.9 Å². The molecule has 3 nitrogen and oxygen atoms in total. The van der Waals surface area contributed by atoms with Crippen molar-refractivity contribution < 1.29 is 9.47 Å². The van der Waals surface area contributed by atoms with E-state index >= 15 is 0 Å². The standard InChI is InChI=1S/C18H21NO2S/c1-20-16-8-7-13(11-17(16)21-2)12-19-15-9-10-22-18-6-4-3-5-14(15)18/h3-8,11,15,19H,9-10,12H2,1-2H3/t15-/m0/s1. The molecule has 1 aliphatic heterocycles. The third kappa shape index (κ3) is 3.23. The number of nitrogens with one attached hydrogen (secondary N) is 1. The van der Waals surface area contributed by atoms with E-state index < -0.39 is 0 Å². The Hall–Kier alpha value is -1.65. The van der Waals surface area contributed by atoms with Crippen molar-refractivity contribution in [3.63, 3.8) is 0 Å². The predicted octanol–water partition coefficient (Wildman–Crippen LogP) is 4.03. The molecule has 0 aromatic heterocycles. The second-order valence-corrected chi connectivity index (χ2v) is 6.43. The van der Waals surface area contributed by atoms with Gasteiger partial charge in [0.25, 0.3) is 0 Å². The van der Waals surface area contributed by atoms with Gasteiger partial charge in [-0.15, -0.1) is 11.8 Å². The number of fused-ring (bicyclic) bond motifs is 1. The zero-order chi connectivity index (χ0) is 15.4. The van der Waals surface area contributed by atoms with Gasteiger partial charge in [-0.3, -0.25) is 0 Å². The number of hydrogen-bond donors (Lipinski definition) is 1. The largest absolute Gasteiger partial charge is 0.493 e. The molecule has 1 heterocycles. The van der Waals surface area contributed by atoms with Gasteiger partial charge in [-0.2, -0.15) is 0 Å². The Morgan fingerprint density at radius 2 is 1.91 bits per heavy atom. The van der Waals surface area contributed by atoms with Crippen LogP contribution < -0.4 is 14.8 Å². The summed E-state index contributed by atoms with van der Waals surface area (Å²) < 4.78 is 10.7. The highest BCUT2D eigenvalue weighted by atomic mass is 32.2. The van der Waals surface area contributed by atoms with Crippen LogP contribution in [0.5, 0.6) is 11.5 Å². The Balaban J connectivity index is 1.71. The first-order chi connectivity index (χ1) is 10.8. The normalized spacial score (nSPS) is 16.9. The number of methoxy groups -OCH3 is 2. The lowest BCUT2D eigenvalue weighted by atomic mass is 10.0. The van der Waals surface area contributed by atoms with Crippen LogP contribution in [0.3, 0.4) is 0 Å². The van der Waals surface area contributed by atoms with Crippen molar-refractivity contribution in [2.75, 3.05) is 20.0 Å². The lowest BCUT2D eigenvalue weighted by Gasteiger charge is -2.26. The molecule has 0 amide bonds. The fourth-order valence-corrected chi connectivity index (χ4v) is 3.91. The van der Waals surface area contributed by atoms with Gasteiger partial charge in [0, 0.05) is 17.5 Å². The van der Waals surface area contributed by atoms with Gasteiger partial charge < -0.3 is 14.8 Å². The van der Waals surface area contributed by atoms with Crippen molar-refractivity contribution in [3.8, 4) is 11.5 Å². The van der Waals surface area contributed by atoms with Gasteiger partial charge in [0.1, 0.15) is 0 Å². The summed E-state index contributed by atoms with van der Waals surface area (Å²) in [6.45, 7) is 0.823. The van der Waals surface area contributed by atoms with Gasteiger partial charge in [0.2, 0.25) is 0 Å². The van der Waals surface area contributed by atoms with Crippen molar-refractivity contribution >= 4 is 11.8 Å². The smallest absolute Gasteiger partial charge is 0.161 e. The molecule has 0 bridgehead atoms. The summed E-state index contributed by atoms with van der Waals surface area (Å²) in [5.41, 5.74) is 2.62. The molecule has 0 saturated heterocycles. The SMILES string of the molecule is COc1ccc(CN[C@H]2CCSc3ccccc32)cc1OC. The van der Waals surface area contributed by atoms with Crippen LogP contribution in [0.1, 0.15) is 23.6 Å². The Bertz CT molecular complexity index is 645. The van der Waals surface area contributed by atoms with Crippen LogP contribution in [0.2, 0.25) is 0 Å². The number of thioether (sulfide) groups is 1. The van der Waals surface area contributed by atoms with Gasteiger partial charge in [-0.1, -0.05) is 24.3 Å². The van der Waals surface area contributed by atoms with Gasteiger partial charge in [0.05, 0.1) is 14.2 Å². The molecule has 0 radical (unpaired) electrons. The van der Waals surface area contributed by atoms with Crippen LogP contribution in [0.4, 0.5) is 0 Å². The molecule has 116 valence electrons. The van der Waals surface area contributed by atoms with Crippen LogP contribution in [0.15, 0.2) is 47.4 Å². The molecular formula is C18H21NO2S. The maximum absolute atomic E-state index is 5.37. The number of benzene rings is 2. The zero-order valence-electron chi connectivity index (χ0n) is 13.0. The number of hydrogen-bond acceptors (Lipinski definition) is 4. The molecule has 1 atom stereocenters. The van der Waals surface area contributed by atoms with E-state index in [4.69, 9.17) is 9.47 Å². The molecule has 1 aliphatic rings. The minimum Gasteiger partial charge on any atom is -0.493 e. The third-order valence-corrected chi connectivity index (χ3v) is 5.08. The maximum Gasteiger partial charge on any atom is 0.161 e. The molecule has 3 rings (SSSR count). The fraction of sp³-hybridized carbons (Fsp3) is 0.333. The fourth-order valence-electron chi connectivity index (χ4n) is 2.79. The summed E-state index contributed by atoms with van der Waals surface area (Å²) in [5.74, 6) is 2.72. The second kappa shape index (κ2) is 7.07. The maximum atomic E-state index is 5.37. The van der Waals surface area contributed by atoms with Crippen LogP contribution in [0, 0.1) is 0 Å². The molecule has 0 spiro atoms. The third-order valence-electron chi connectivity index (χ3n) is 3.96. The minimum absolute atomic E-state index is 0.422. The van der Waals surface area contributed by atoms with Crippen LogP contribution in [-0.2, 0) is 6.54 Å². The van der Waals surface area contributed by atoms with Gasteiger partial charge in [-0.05, 0) is 41.5 Å². The van der Waals surface area contributed by atoms with Crippen molar-refractivity contribution in [1.82, 2.24) is 5.32 Å². The first-order valence-electron chi connectivity index (χ1n) is 7.48. The quantitative estimate of drug-likeness (QED) is 0.902. The molecule has 0 saturated carbocycles. The highest BCUT2D eigenvalue weighted by Crippen LogP contribution is 2.36. The van der Waals surface area contributed by atoms with Gasteiger partial charge >= 0.3 is 0 Å². The van der Waals surface area contributed by atoms with E-state index in [2.05, 4.69) is 35.6 Å². The first-order valence-corrected chi connectivity index (χ1v) is 8.46. The zero-order valence-corrected chi connectivity index (χ0v) is 13.8. The lowest BCUT2D eigenvalue weighted by molar-refractivity contribution is 0.354. The average Bonchev–Trinajstić information content (AvgIpc) is 2.59. The minimum atomic E-state index is 0.422. The first kappa shape index (κ1) is 15.3. The van der Waals surface area contributed by atoms with E-state index in [1.165, 1.54) is 21.8 Å². The summed E-state index contributed by atoms with van der Waals surface area (Å²) in [6.07, 6.45) is 1.16. The molecular weight excluding hydrogens is 294 g/mol. The summed E-state index contributed by atoms with van der Waals surface area (Å²) in [7, 11) is 3.33. The van der Waals surface area contributed by atoms with E-state index in [1.54, 1.807) is 14.2 Å². The Kier molecular flexibility index (Phi) is 4.90. The second-order valence-electron chi connectivity index (χ2n) is 5.30. The van der Waals surface area contributed by atoms with Crippen LogP contribution in [0.25, 0.3) is 0 Å². The van der Waals surface area contributed by atoms with E-state index in [0.717, 1.165) is 24.5 Å². The highest BCUT2D eigenvalue weighted by molar-refractivity contribution is 7.99. The Morgan fingerprint density at radius 3 is 2.73 bits per heavy atom.